The predicted octanol–water partition coefficient (Wildman–Crippen LogP) is 13.6. The number of piperidine rings is 4. The molecule has 0 aliphatic carbocycles. The Labute approximate surface area is 692 Å². The van der Waals surface area contributed by atoms with Crippen LogP contribution in [0, 0.1) is 0 Å². The van der Waals surface area contributed by atoms with Crippen molar-refractivity contribution in [3.63, 3.8) is 0 Å². The van der Waals surface area contributed by atoms with E-state index in [1.165, 1.54) is 51.9 Å². The minimum atomic E-state index is -0.376. The number of nitrogens with zero attached hydrogens (tertiary/aromatic N) is 4. The van der Waals surface area contributed by atoms with E-state index in [9.17, 15) is 38.4 Å². The third-order valence-corrected chi connectivity index (χ3v) is 24.4. The molecule has 0 bridgehead atoms. The van der Waals surface area contributed by atoms with E-state index in [1.807, 2.05) is 121 Å². The van der Waals surface area contributed by atoms with Gasteiger partial charge in [0.25, 0.3) is 0 Å². The van der Waals surface area contributed by atoms with Gasteiger partial charge in [-0.05, 0) is 231 Å². The molecule has 8 amide bonds. The maximum Gasteiger partial charge on any atom is 0.234 e. The minimum Gasteiger partial charge on any atom is -0.494 e. The SMILES string of the molecule is O=C1CC[C@@H](c2coc3ccc4cc(OCCCN5CCCC5)ccc4c23)C(=O)N1.O=C1CC[C@@H](c2coc3ccc4cc(OCCN5CCOCC5)ccc4c23)C(=O)N1.O=C1CC[C@H](c2coc3ccc4cc(OCCCN5CCCC5)ccc4c23)C(=O)N1.O=C1CC[C@H](c2coc3ccc4cc(OCCN5CCOCC5)ccc4c23)C(=O)N1. The van der Waals surface area contributed by atoms with Gasteiger partial charge in [0, 0.05) is 122 Å². The Bertz CT molecular complexity index is 5450. The van der Waals surface area contributed by atoms with E-state index >= 15 is 0 Å². The van der Waals surface area contributed by atoms with Crippen LogP contribution in [0.5, 0.6) is 23.0 Å². The van der Waals surface area contributed by atoms with Gasteiger partial charge < -0.3 is 55.9 Å². The highest BCUT2D eigenvalue weighted by Crippen LogP contribution is 2.43. The molecular formula is C94H100N8O18. The number of likely N-dealkylation sites (tertiary alicyclic amines) is 2. The number of fused-ring (bicyclic) bond motifs is 12. The second-order valence-corrected chi connectivity index (χ2v) is 32.2. The van der Waals surface area contributed by atoms with E-state index in [0.717, 1.165) is 224 Å². The molecule has 624 valence electrons. The highest BCUT2D eigenvalue weighted by molar-refractivity contribution is 6.15. The summed E-state index contributed by atoms with van der Waals surface area (Å²) >= 11 is 0. The summed E-state index contributed by atoms with van der Waals surface area (Å²) in [4.78, 5) is 105. The maximum absolute atomic E-state index is 12.4. The third kappa shape index (κ3) is 18.6. The molecule has 26 nitrogen and oxygen atoms in total. The normalized spacial score (nSPS) is 20.4. The molecule has 0 unspecified atom stereocenters. The largest absolute Gasteiger partial charge is 0.494 e. The first-order valence-corrected chi connectivity index (χ1v) is 42.4. The second-order valence-electron chi connectivity index (χ2n) is 32.2. The highest BCUT2D eigenvalue weighted by atomic mass is 16.5. The molecule has 120 heavy (non-hydrogen) atoms. The van der Waals surface area contributed by atoms with Crippen LogP contribution < -0.4 is 40.2 Å². The molecule has 12 aromatic rings. The number of morpholine rings is 2. The Hall–Kier alpha value is -11.5. The van der Waals surface area contributed by atoms with Crippen molar-refractivity contribution in [2.75, 3.05) is 131 Å². The van der Waals surface area contributed by atoms with Crippen LogP contribution in [0.3, 0.4) is 0 Å². The molecule has 8 aromatic carbocycles. The summed E-state index contributed by atoms with van der Waals surface area (Å²) < 4.78 is 57.6. The molecule has 12 heterocycles. The highest BCUT2D eigenvalue weighted by Gasteiger charge is 2.36. The first-order valence-electron chi connectivity index (χ1n) is 42.4. The Morgan fingerprint density at radius 2 is 0.558 bits per heavy atom. The Morgan fingerprint density at radius 3 is 0.825 bits per heavy atom. The van der Waals surface area contributed by atoms with Crippen molar-refractivity contribution in [3.8, 4) is 23.0 Å². The van der Waals surface area contributed by atoms with Gasteiger partial charge in [0.2, 0.25) is 47.3 Å². The second kappa shape index (κ2) is 37.4. The Kier molecular flexibility index (Phi) is 25.2. The number of ether oxygens (including phenoxy) is 6. The molecule has 4 atom stereocenters. The van der Waals surface area contributed by atoms with Gasteiger partial charge in [-0.15, -0.1) is 0 Å². The molecule has 26 heteroatoms. The summed E-state index contributed by atoms with van der Waals surface area (Å²) in [5.41, 5.74) is 6.34. The molecule has 4 N–H and O–H groups in total. The molecule has 0 radical (unpaired) electrons. The number of benzene rings is 8. The van der Waals surface area contributed by atoms with Gasteiger partial charge in [0.15, 0.2) is 0 Å². The van der Waals surface area contributed by atoms with E-state index in [2.05, 4.69) is 40.9 Å². The van der Waals surface area contributed by atoms with Crippen molar-refractivity contribution in [1.82, 2.24) is 40.9 Å². The first kappa shape index (κ1) is 80.9. The number of carbonyl (C=O) groups is 8. The van der Waals surface area contributed by atoms with Crippen LogP contribution in [-0.4, -0.2) is 198 Å². The van der Waals surface area contributed by atoms with E-state index in [0.29, 0.717) is 77.8 Å². The van der Waals surface area contributed by atoms with Gasteiger partial charge in [-0.1, -0.05) is 24.3 Å². The molecule has 8 aliphatic heterocycles. The van der Waals surface area contributed by atoms with Gasteiger partial charge in [-0.25, -0.2) is 0 Å². The van der Waals surface area contributed by atoms with Crippen LogP contribution in [0.4, 0.5) is 0 Å². The van der Waals surface area contributed by atoms with Gasteiger partial charge in [-0.3, -0.25) is 69.4 Å². The van der Waals surface area contributed by atoms with E-state index in [-0.39, 0.29) is 70.9 Å². The fourth-order valence-corrected chi connectivity index (χ4v) is 18.0. The number of hydrogen-bond donors (Lipinski definition) is 4. The smallest absolute Gasteiger partial charge is 0.234 e. The van der Waals surface area contributed by atoms with Crippen molar-refractivity contribution in [2.45, 2.75) is 114 Å². The number of carbonyl (C=O) groups excluding carboxylic acids is 8. The first-order chi connectivity index (χ1) is 58.7. The number of amides is 8. The molecule has 8 aliphatic rings. The summed E-state index contributed by atoms with van der Waals surface area (Å²) in [6, 6.07) is 39.9. The molecule has 8 fully saturated rings. The van der Waals surface area contributed by atoms with Crippen molar-refractivity contribution in [3.05, 3.63) is 169 Å². The maximum atomic E-state index is 12.4. The standard InChI is InChI=1S/2C24H26N2O4.2C23H24N2O5/c2*27-22-9-7-19(24(28)25-22)20-15-30-21-8-4-16-14-17(5-6-18(16)23(20)21)29-13-3-12-26-10-1-2-11-26;2*26-21-6-4-18(23(27)24-21)19-14-30-20-5-1-15-13-16(2-3-17(15)22(19)20)29-12-9-25-7-10-28-11-8-25/h2*4-6,8,14-15,19H,1-3,7,9-13H2,(H,25,27,28);2*1-3,5,13-14,18H,4,6-12H2,(H,24,26,27)/t2*19-;2*18-/m1010/s1. The van der Waals surface area contributed by atoms with Crippen LogP contribution in [0.1, 0.15) is 136 Å². The molecule has 8 saturated heterocycles. The molecule has 20 rings (SSSR count). The molecular weight excluding hydrogens is 1530 g/mol. The lowest BCUT2D eigenvalue weighted by atomic mass is 9.89. The van der Waals surface area contributed by atoms with Crippen LogP contribution in [-0.2, 0) is 47.8 Å². The fraction of sp³-hybridized carbons (Fsp3) is 0.404. The predicted molar refractivity (Wildman–Crippen MR) is 452 cm³/mol. The fourth-order valence-electron chi connectivity index (χ4n) is 18.0. The monoisotopic (exact) mass is 1630 g/mol. The number of hydrogen-bond acceptors (Lipinski definition) is 22. The lowest BCUT2D eigenvalue weighted by Crippen LogP contribution is -2.39. The minimum absolute atomic E-state index is 0.208. The van der Waals surface area contributed by atoms with Gasteiger partial charge >= 0.3 is 0 Å². The van der Waals surface area contributed by atoms with E-state index in [4.69, 9.17) is 46.1 Å². The topological polar surface area (TPSA) is 306 Å². The van der Waals surface area contributed by atoms with Crippen molar-refractivity contribution in [1.29, 1.82) is 0 Å². The molecule has 0 spiro atoms. The zero-order valence-corrected chi connectivity index (χ0v) is 67.3. The average Bonchev–Trinajstić information content (AvgIpc) is 1.59. The number of nitrogens with one attached hydrogen (secondary N) is 4. The summed E-state index contributed by atoms with van der Waals surface area (Å²) in [5.74, 6) is 0.0216. The van der Waals surface area contributed by atoms with E-state index in [1.54, 1.807) is 25.1 Å². The van der Waals surface area contributed by atoms with Gasteiger partial charge in [0.1, 0.15) is 58.5 Å². The Morgan fingerprint density at radius 1 is 0.300 bits per heavy atom. The quantitative estimate of drug-likeness (QED) is 0.0362. The zero-order chi connectivity index (χ0) is 82.0. The lowest BCUT2D eigenvalue weighted by Gasteiger charge is -2.26. The van der Waals surface area contributed by atoms with Gasteiger partial charge in [-0.2, -0.15) is 0 Å². The third-order valence-electron chi connectivity index (χ3n) is 24.4. The summed E-state index contributed by atoms with van der Waals surface area (Å²) in [6.45, 7) is 18.4. The zero-order valence-electron chi connectivity index (χ0n) is 67.3. The van der Waals surface area contributed by atoms with Crippen LogP contribution in [0.2, 0.25) is 0 Å². The summed E-state index contributed by atoms with van der Waals surface area (Å²) in [5, 5.41) is 21.8. The number of furan rings is 4. The van der Waals surface area contributed by atoms with Crippen LogP contribution in [0.25, 0.3) is 87.0 Å². The summed E-state index contributed by atoms with van der Waals surface area (Å²) in [6.07, 6.45) is 17.3. The molecule has 4 aromatic heterocycles. The van der Waals surface area contributed by atoms with Crippen molar-refractivity contribution < 1.29 is 84.4 Å². The van der Waals surface area contributed by atoms with Crippen molar-refractivity contribution in [2.24, 2.45) is 0 Å². The lowest BCUT2D eigenvalue weighted by molar-refractivity contribution is -0.135. The summed E-state index contributed by atoms with van der Waals surface area (Å²) in [7, 11) is 0. The average molecular weight is 1630 g/mol. The van der Waals surface area contributed by atoms with Crippen LogP contribution in [0.15, 0.2) is 164 Å². The Balaban J connectivity index is 0.000000114. The van der Waals surface area contributed by atoms with E-state index < -0.39 is 0 Å². The number of rotatable bonds is 22. The van der Waals surface area contributed by atoms with Crippen LogP contribution >= 0.6 is 0 Å². The van der Waals surface area contributed by atoms with Crippen molar-refractivity contribution >= 4 is 134 Å². The molecule has 0 saturated carbocycles. The van der Waals surface area contributed by atoms with Gasteiger partial charge in [0.05, 0.1) is 88.4 Å². The number of imide groups is 4.